The minimum atomic E-state index is -4.82. The first-order chi connectivity index (χ1) is 18.6. The quantitative estimate of drug-likeness (QED) is 0.236. The molecule has 0 radical (unpaired) electrons. The van der Waals surface area contributed by atoms with Gasteiger partial charge in [-0.15, -0.1) is 23.4 Å². The Hall–Kier alpha value is -4.72. The van der Waals surface area contributed by atoms with Crippen molar-refractivity contribution in [1.29, 1.82) is 0 Å². The van der Waals surface area contributed by atoms with Gasteiger partial charge in [0.15, 0.2) is 0 Å². The van der Waals surface area contributed by atoms with E-state index < -0.39 is 18.0 Å². The number of carbonyl (C=O) groups is 2. The van der Waals surface area contributed by atoms with E-state index >= 15 is 0 Å². The van der Waals surface area contributed by atoms with Crippen LogP contribution in [-0.4, -0.2) is 43.4 Å². The first kappa shape index (κ1) is 25.9. The van der Waals surface area contributed by atoms with Crippen molar-refractivity contribution < 1.29 is 27.5 Å². The number of fused-ring (bicyclic) bond motifs is 1. The average Bonchev–Trinajstić information content (AvgIpc) is 3.53. The lowest BCUT2D eigenvalue weighted by molar-refractivity contribution is -0.274. The van der Waals surface area contributed by atoms with Crippen LogP contribution in [0.1, 0.15) is 20.8 Å². The molecule has 39 heavy (non-hydrogen) atoms. The second-order valence-electron chi connectivity index (χ2n) is 8.27. The lowest BCUT2D eigenvalue weighted by Gasteiger charge is -2.11. The highest BCUT2D eigenvalue weighted by atomic mass is 79.9. The Bertz CT molecular complexity index is 1680. The van der Waals surface area contributed by atoms with Crippen LogP contribution in [0.15, 0.2) is 71.2 Å². The topological polar surface area (TPSA) is 127 Å². The number of anilines is 2. The molecule has 2 amide bonds. The summed E-state index contributed by atoms with van der Waals surface area (Å²) in [6.45, 7) is 0. The number of alkyl halides is 3. The molecule has 3 N–H and O–H groups in total. The second kappa shape index (κ2) is 10.2. The van der Waals surface area contributed by atoms with E-state index in [1.54, 1.807) is 54.1 Å². The zero-order valence-electron chi connectivity index (χ0n) is 19.9. The first-order valence-corrected chi connectivity index (χ1v) is 12.0. The van der Waals surface area contributed by atoms with Gasteiger partial charge < -0.3 is 19.9 Å². The summed E-state index contributed by atoms with van der Waals surface area (Å²) in [5, 5.41) is 20.3. The third-order valence-corrected chi connectivity index (χ3v) is 6.20. The fourth-order valence-electron chi connectivity index (χ4n) is 3.91. The van der Waals surface area contributed by atoms with Gasteiger partial charge in [-0.25, -0.2) is 0 Å². The largest absolute Gasteiger partial charge is 0.573 e. The van der Waals surface area contributed by atoms with E-state index in [0.29, 0.717) is 34.0 Å². The minimum Gasteiger partial charge on any atom is -0.406 e. The van der Waals surface area contributed by atoms with Gasteiger partial charge in [0.1, 0.15) is 11.4 Å². The fraction of sp³-hybridized carbons (Fsp3) is 0.0800. The highest BCUT2D eigenvalue weighted by Gasteiger charge is 2.31. The Kier molecular flexibility index (Phi) is 6.78. The number of nitrogens with one attached hydrogen (secondary N) is 3. The van der Waals surface area contributed by atoms with Gasteiger partial charge in [-0.2, -0.15) is 5.21 Å². The number of hydrogen-bond donors (Lipinski definition) is 3. The molecule has 198 valence electrons. The summed E-state index contributed by atoms with van der Waals surface area (Å²) in [4.78, 5) is 25.9. The average molecular weight is 600 g/mol. The van der Waals surface area contributed by atoms with Crippen molar-refractivity contribution in [3.63, 3.8) is 0 Å². The molecule has 0 bridgehead atoms. The molecule has 14 heteroatoms. The molecule has 10 nitrogen and oxygen atoms in total. The molecule has 5 aromatic rings. The number of benzene rings is 3. The van der Waals surface area contributed by atoms with Crippen LogP contribution in [0.3, 0.4) is 0 Å². The van der Waals surface area contributed by atoms with Crippen molar-refractivity contribution in [2.24, 2.45) is 7.05 Å². The van der Waals surface area contributed by atoms with E-state index in [4.69, 9.17) is 0 Å². The maximum atomic E-state index is 13.2. The summed E-state index contributed by atoms with van der Waals surface area (Å²) in [6, 6.07) is 16.6. The van der Waals surface area contributed by atoms with Gasteiger partial charge in [0, 0.05) is 33.7 Å². The molecule has 2 heterocycles. The Morgan fingerprint density at radius 2 is 1.74 bits per heavy atom. The number of aromatic amines is 1. The number of aryl methyl sites for hydroxylation is 1. The molecule has 0 saturated carbocycles. The number of carbonyl (C=O) groups excluding carboxylic acids is 2. The number of rotatable bonds is 6. The smallest absolute Gasteiger partial charge is 0.406 e. The predicted octanol–water partition coefficient (Wildman–Crippen LogP) is 5.52. The number of tetrazole rings is 1. The number of hydrogen-bond acceptors (Lipinski definition) is 6. The van der Waals surface area contributed by atoms with E-state index in [-0.39, 0.29) is 11.5 Å². The molecular formula is C25H17BrF3N7O3. The van der Waals surface area contributed by atoms with E-state index in [1.165, 1.54) is 12.1 Å². The van der Waals surface area contributed by atoms with E-state index in [1.807, 2.05) is 0 Å². The molecule has 0 aliphatic carbocycles. The van der Waals surface area contributed by atoms with Crippen LogP contribution < -0.4 is 15.4 Å². The Balaban J connectivity index is 1.35. The van der Waals surface area contributed by atoms with Gasteiger partial charge in [-0.3, -0.25) is 9.59 Å². The third-order valence-electron chi connectivity index (χ3n) is 5.70. The summed E-state index contributed by atoms with van der Waals surface area (Å²) in [7, 11) is 1.71. The first-order valence-electron chi connectivity index (χ1n) is 11.2. The number of halogens is 4. The minimum absolute atomic E-state index is 0.142. The Morgan fingerprint density at radius 3 is 2.44 bits per heavy atom. The van der Waals surface area contributed by atoms with Gasteiger partial charge in [0.2, 0.25) is 5.82 Å². The number of aromatic nitrogens is 5. The molecule has 0 unspecified atom stereocenters. The van der Waals surface area contributed by atoms with Crippen molar-refractivity contribution >= 4 is 50.0 Å². The molecule has 0 aliphatic rings. The predicted molar refractivity (Wildman–Crippen MR) is 139 cm³/mol. The lowest BCUT2D eigenvalue weighted by Crippen LogP contribution is -2.17. The Morgan fingerprint density at radius 1 is 0.974 bits per heavy atom. The summed E-state index contributed by atoms with van der Waals surface area (Å²) >= 11 is 3.40. The SMILES string of the molecule is Cn1c(C(=O)Nc2ccc(Br)cc2-c2nn[nH]n2)cc2ccc(NC(=O)c3ccc(OC(F)(F)F)cc3)cc21. The number of ether oxygens (including phenoxy) is 1. The molecule has 0 saturated heterocycles. The van der Waals surface area contributed by atoms with Crippen LogP contribution in [0.4, 0.5) is 24.5 Å². The second-order valence-corrected chi connectivity index (χ2v) is 9.18. The van der Waals surface area contributed by atoms with Gasteiger partial charge >= 0.3 is 6.36 Å². The highest BCUT2D eigenvalue weighted by molar-refractivity contribution is 9.10. The molecular weight excluding hydrogens is 583 g/mol. The number of nitrogens with zero attached hydrogens (tertiary/aromatic N) is 4. The van der Waals surface area contributed by atoms with Gasteiger partial charge in [-0.1, -0.05) is 22.0 Å². The van der Waals surface area contributed by atoms with Gasteiger partial charge in [0.25, 0.3) is 11.8 Å². The van der Waals surface area contributed by atoms with Crippen molar-refractivity contribution in [3.05, 3.63) is 82.5 Å². The zero-order chi connectivity index (χ0) is 27.7. The van der Waals surface area contributed by atoms with Crippen molar-refractivity contribution in [1.82, 2.24) is 25.2 Å². The lowest BCUT2D eigenvalue weighted by atomic mass is 10.1. The van der Waals surface area contributed by atoms with Crippen molar-refractivity contribution in [2.45, 2.75) is 6.36 Å². The zero-order valence-corrected chi connectivity index (χ0v) is 21.5. The van der Waals surface area contributed by atoms with Crippen LogP contribution >= 0.6 is 15.9 Å². The molecule has 5 rings (SSSR count). The van der Waals surface area contributed by atoms with Crippen LogP contribution in [0.25, 0.3) is 22.3 Å². The highest BCUT2D eigenvalue weighted by Crippen LogP contribution is 2.30. The number of amides is 2. The Labute approximate surface area is 226 Å². The standard InChI is InChI=1S/C25H17BrF3N7O3/c1-36-20-12-16(30-23(37)13-3-7-17(8-4-13)39-25(27,28)29)6-2-14(20)10-21(36)24(38)31-19-9-5-15(26)11-18(19)22-32-34-35-33-22/h2-12H,1H3,(H,30,37)(H,31,38)(H,32,33,34,35). The van der Waals surface area contributed by atoms with Crippen LogP contribution in [0.2, 0.25) is 0 Å². The normalized spacial score (nSPS) is 11.4. The molecule has 0 atom stereocenters. The van der Waals surface area contributed by atoms with Crippen LogP contribution in [0.5, 0.6) is 5.75 Å². The number of H-pyrrole nitrogens is 1. The van der Waals surface area contributed by atoms with Crippen molar-refractivity contribution in [3.8, 4) is 17.1 Å². The molecule has 2 aromatic heterocycles. The van der Waals surface area contributed by atoms with E-state index in [0.717, 1.165) is 22.0 Å². The maximum Gasteiger partial charge on any atom is 0.573 e. The van der Waals surface area contributed by atoms with E-state index in [2.05, 4.69) is 51.9 Å². The van der Waals surface area contributed by atoms with E-state index in [9.17, 15) is 22.8 Å². The molecule has 3 aromatic carbocycles. The summed E-state index contributed by atoms with van der Waals surface area (Å²) in [5.41, 5.74) is 2.64. The fourth-order valence-corrected chi connectivity index (χ4v) is 4.27. The molecule has 0 fully saturated rings. The third kappa shape index (κ3) is 5.75. The summed E-state index contributed by atoms with van der Waals surface area (Å²) < 4.78 is 43.4. The van der Waals surface area contributed by atoms with Gasteiger partial charge in [0.05, 0.1) is 11.2 Å². The maximum absolute atomic E-state index is 13.2. The van der Waals surface area contributed by atoms with Crippen LogP contribution in [0, 0.1) is 0 Å². The summed E-state index contributed by atoms with van der Waals surface area (Å²) in [6.07, 6.45) is -4.82. The molecule has 0 spiro atoms. The summed E-state index contributed by atoms with van der Waals surface area (Å²) in [5.74, 6) is -1.02. The van der Waals surface area contributed by atoms with Gasteiger partial charge in [-0.05, 0) is 65.9 Å². The van der Waals surface area contributed by atoms with Crippen LogP contribution in [-0.2, 0) is 7.05 Å². The molecule has 0 aliphatic heterocycles. The van der Waals surface area contributed by atoms with Crippen molar-refractivity contribution in [2.75, 3.05) is 10.6 Å². The monoisotopic (exact) mass is 599 g/mol.